The molecule has 3 N–H and O–H groups in total. The molecule has 11 heteroatoms. The third-order valence-corrected chi connectivity index (χ3v) is 11.1. The van der Waals surface area contributed by atoms with Gasteiger partial charge in [-0.2, -0.15) is 0 Å². The van der Waals surface area contributed by atoms with E-state index < -0.39 is 60.6 Å². The summed E-state index contributed by atoms with van der Waals surface area (Å²) < 4.78 is 46.1. The Bertz CT molecular complexity index is 1860. The molecule has 10 nitrogen and oxygen atoms in total. The van der Waals surface area contributed by atoms with Crippen LogP contribution in [0.15, 0.2) is 157 Å². The summed E-state index contributed by atoms with van der Waals surface area (Å²) in [4.78, 5) is 0.841. The van der Waals surface area contributed by atoms with Crippen molar-refractivity contribution in [3.63, 3.8) is 0 Å². The van der Waals surface area contributed by atoms with Gasteiger partial charge < -0.3 is 48.5 Å². The summed E-state index contributed by atoms with van der Waals surface area (Å²) in [5.41, 5.74) is 3.03. The Hall–Kier alpha value is -3.95. The summed E-state index contributed by atoms with van der Waals surface area (Å²) in [6, 6.07) is 48.9. The molecule has 57 heavy (non-hydrogen) atoms. The van der Waals surface area contributed by atoms with Crippen molar-refractivity contribution in [2.45, 2.75) is 91.9 Å². The van der Waals surface area contributed by atoms with E-state index in [-0.39, 0.29) is 33.0 Å². The minimum atomic E-state index is -1.47. The van der Waals surface area contributed by atoms with Crippen LogP contribution in [0.2, 0.25) is 0 Å². The SMILES string of the molecule is O[C@@H]1[C@@H](O)[C@H](Sc2ccccc2)O[C@H](CO[C@H]2O[C@H](COCc3ccccc3)[C@@H](OCc3ccccc3)[C@H](OCc3ccccc3)[C@H]2OCc2ccccc2)[C@H]1O. The van der Waals surface area contributed by atoms with Crippen molar-refractivity contribution in [3.8, 4) is 0 Å². The zero-order valence-corrected chi connectivity index (χ0v) is 32.4. The van der Waals surface area contributed by atoms with Crippen LogP contribution in [-0.4, -0.2) is 89.1 Å². The second kappa shape index (κ2) is 21.2. The smallest absolute Gasteiger partial charge is 0.187 e. The number of aliphatic hydroxyl groups excluding tert-OH is 3. The van der Waals surface area contributed by atoms with Gasteiger partial charge in [0.05, 0.1) is 39.6 Å². The molecular formula is C46H50O10S. The summed E-state index contributed by atoms with van der Waals surface area (Å²) in [6.07, 6.45) is -9.17. The maximum absolute atomic E-state index is 11.1. The van der Waals surface area contributed by atoms with Crippen molar-refractivity contribution in [3.05, 3.63) is 174 Å². The van der Waals surface area contributed by atoms with Crippen molar-refractivity contribution in [1.29, 1.82) is 0 Å². The maximum atomic E-state index is 11.1. The van der Waals surface area contributed by atoms with Crippen LogP contribution in [0.1, 0.15) is 22.3 Å². The number of ether oxygens (including phenoxy) is 7. The topological polar surface area (TPSA) is 125 Å². The van der Waals surface area contributed by atoms with E-state index >= 15 is 0 Å². The largest absolute Gasteiger partial charge is 0.387 e. The molecule has 300 valence electrons. The fourth-order valence-corrected chi connectivity index (χ4v) is 7.94. The first-order valence-corrected chi connectivity index (χ1v) is 20.2. The standard InChI is InChI=1S/C46H50O10S/c47-39-37(56-46(41(49)40(39)48)57-36-24-14-5-15-25-36)31-54-45-44(53-29-35-22-12-4-13-23-35)43(52-28-34-20-10-3-11-21-34)42(51-27-33-18-8-2-9-19-33)38(55-45)30-50-26-32-16-6-1-7-17-32/h1-25,37-49H,26-31H2/t37-,38-,39-,40+,41-,42-,43+,44-,45+,46+/m1/s1. The van der Waals surface area contributed by atoms with Crippen molar-refractivity contribution in [2.24, 2.45) is 0 Å². The van der Waals surface area contributed by atoms with Crippen LogP contribution < -0.4 is 0 Å². The van der Waals surface area contributed by atoms with Crippen molar-refractivity contribution in [2.75, 3.05) is 13.2 Å². The first-order valence-electron chi connectivity index (χ1n) is 19.3. The van der Waals surface area contributed by atoms with Gasteiger partial charge in [0.1, 0.15) is 54.3 Å². The zero-order chi connectivity index (χ0) is 39.2. The van der Waals surface area contributed by atoms with Crippen LogP contribution in [0.3, 0.4) is 0 Å². The van der Waals surface area contributed by atoms with E-state index in [2.05, 4.69) is 0 Å². The lowest BCUT2D eigenvalue weighted by Gasteiger charge is -2.46. The molecule has 2 heterocycles. The van der Waals surface area contributed by atoms with E-state index in [1.54, 1.807) is 0 Å². The highest BCUT2D eigenvalue weighted by atomic mass is 32.2. The molecule has 7 rings (SSSR count). The van der Waals surface area contributed by atoms with Crippen molar-refractivity contribution < 1.29 is 48.5 Å². The molecule has 2 saturated heterocycles. The van der Waals surface area contributed by atoms with E-state index in [4.69, 9.17) is 33.2 Å². The molecule has 10 atom stereocenters. The van der Waals surface area contributed by atoms with Crippen molar-refractivity contribution >= 4 is 11.8 Å². The summed E-state index contributed by atoms with van der Waals surface area (Å²) >= 11 is 1.26. The minimum Gasteiger partial charge on any atom is -0.387 e. The number of rotatable bonds is 18. The number of hydrogen-bond acceptors (Lipinski definition) is 11. The highest BCUT2D eigenvalue weighted by Gasteiger charge is 2.50. The lowest BCUT2D eigenvalue weighted by atomic mass is 9.97. The van der Waals surface area contributed by atoms with Gasteiger partial charge in [0, 0.05) is 4.90 Å². The molecule has 2 aliphatic heterocycles. The van der Waals surface area contributed by atoms with Gasteiger partial charge in [0.2, 0.25) is 0 Å². The predicted molar refractivity (Wildman–Crippen MR) is 215 cm³/mol. The van der Waals surface area contributed by atoms with E-state index in [0.29, 0.717) is 6.61 Å². The fraction of sp³-hybridized carbons (Fsp3) is 0.348. The van der Waals surface area contributed by atoms with E-state index in [0.717, 1.165) is 27.1 Å². The Morgan fingerprint density at radius 1 is 0.421 bits per heavy atom. The molecule has 0 radical (unpaired) electrons. The highest BCUT2D eigenvalue weighted by Crippen LogP contribution is 2.35. The quantitative estimate of drug-likeness (QED) is 0.0926. The first kappa shape index (κ1) is 41.2. The van der Waals surface area contributed by atoms with E-state index in [1.165, 1.54) is 11.8 Å². The van der Waals surface area contributed by atoms with Crippen molar-refractivity contribution in [1.82, 2.24) is 0 Å². The van der Waals surface area contributed by atoms with E-state index in [1.807, 2.05) is 152 Å². The average molecular weight is 795 g/mol. The molecular weight excluding hydrogens is 745 g/mol. The second-order valence-corrected chi connectivity index (χ2v) is 15.3. The molecule has 0 aromatic heterocycles. The Labute approximate surface area is 338 Å². The Balaban J connectivity index is 1.17. The summed E-state index contributed by atoms with van der Waals surface area (Å²) in [5.74, 6) is 0. The summed E-state index contributed by atoms with van der Waals surface area (Å²) in [6.45, 7) is 1.08. The van der Waals surface area contributed by atoms with Crippen LogP contribution in [0.25, 0.3) is 0 Å². The number of hydrogen-bond donors (Lipinski definition) is 3. The molecule has 0 aliphatic carbocycles. The van der Waals surface area contributed by atoms with Crippen LogP contribution in [0, 0.1) is 0 Å². The van der Waals surface area contributed by atoms with Gasteiger partial charge in [-0.25, -0.2) is 0 Å². The predicted octanol–water partition coefficient (Wildman–Crippen LogP) is 6.30. The average Bonchev–Trinajstić information content (AvgIpc) is 3.26. The number of benzene rings is 5. The van der Waals surface area contributed by atoms with Gasteiger partial charge >= 0.3 is 0 Å². The number of aliphatic hydroxyl groups is 3. The molecule has 2 aliphatic rings. The molecule has 5 aromatic carbocycles. The van der Waals surface area contributed by atoms with Gasteiger partial charge in [0.15, 0.2) is 6.29 Å². The Morgan fingerprint density at radius 3 is 1.40 bits per heavy atom. The molecule has 0 unspecified atom stereocenters. The van der Waals surface area contributed by atoms with Gasteiger partial charge in [-0.3, -0.25) is 0 Å². The third kappa shape index (κ3) is 11.6. The maximum Gasteiger partial charge on any atom is 0.187 e. The molecule has 2 fully saturated rings. The molecule has 0 amide bonds. The zero-order valence-electron chi connectivity index (χ0n) is 31.6. The molecule has 0 spiro atoms. The van der Waals surface area contributed by atoms with Gasteiger partial charge in [-0.05, 0) is 34.4 Å². The molecule has 0 saturated carbocycles. The Morgan fingerprint density at radius 2 is 0.877 bits per heavy atom. The highest BCUT2D eigenvalue weighted by molar-refractivity contribution is 7.99. The minimum absolute atomic E-state index is 0.147. The third-order valence-electron chi connectivity index (χ3n) is 9.93. The monoisotopic (exact) mass is 794 g/mol. The second-order valence-electron chi connectivity index (χ2n) is 14.1. The Kier molecular flexibility index (Phi) is 15.3. The molecule has 5 aromatic rings. The first-order chi connectivity index (χ1) is 28.0. The van der Waals surface area contributed by atoms with Gasteiger partial charge in [-0.15, -0.1) is 0 Å². The molecule has 0 bridgehead atoms. The lowest BCUT2D eigenvalue weighted by Crippen LogP contribution is -2.63. The van der Waals surface area contributed by atoms with Gasteiger partial charge in [-0.1, -0.05) is 151 Å². The van der Waals surface area contributed by atoms with E-state index in [9.17, 15) is 15.3 Å². The van der Waals surface area contributed by atoms with Crippen LogP contribution in [0.5, 0.6) is 0 Å². The number of thioether (sulfide) groups is 1. The summed E-state index contributed by atoms with van der Waals surface area (Å²) in [7, 11) is 0. The van der Waals surface area contributed by atoms with Crippen LogP contribution in [0.4, 0.5) is 0 Å². The van der Waals surface area contributed by atoms with Crippen LogP contribution in [-0.2, 0) is 59.6 Å². The normalized spacial score (nSPS) is 27.6. The van der Waals surface area contributed by atoms with Gasteiger partial charge in [0.25, 0.3) is 0 Å². The van der Waals surface area contributed by atoms with Crippen LogP contribution >= 0.6 is 11.8 Å². The summed E-state index contributed by atoms with van der Waals surface area (Å²) in [5, 5.41) is 33.0. The lowest BCUT2D eigenvalue weighted by molar-refractivity contribution is -0.335. The fourth-order valence-electron chi connectivity index (χ4n) is 6.86.